The van der Waals surface area contributed by atoms with Gasteiger partial charge in [0.1, 0.15) is 10.5 Å². The summed E-state index contributed by atoms with van der Waals surface area (Å²) in [6, 6.07) is 7.96. The van der Waals surface area contributed by atoms with Gasteiger partial charge >= 0.3 is 5.97 Å². The van der Waals surface area contributed by atoms with Crippen LogP contribution in [0.25, 0.3) is 11.2 Å². The Morgan fingerprint density at radius 2 is 2.00 bits per heavy atom. The molecule has 5 rings (SSSR count). The molecule has 0 aromatic carbocycles. The van der Waals surface area contributed by atoms with Crippen LogP contribution in [0, 0.1) is 11.8 Å². The lowest BCUT2D eigenvalue weighted by Crippen LogP contribution is -2.40. The van der Waals surface area contributed by atoms with Gasteiger partial charge in [-0.1, -0.05) is 31.2 Å². The Morgan fingerprint density at radius 3 is 2.68 bits per heavy atom. The standard InChI is InChI=1S/C30H35N3O4S/c1-20-7-9-23(10-8-20)29(34)33(16-17-36-2)25-18-26(38-28(25)30(35)37-3)22-13-11-21(12-14-22)24-19-32-15-5-4-6-27(32)31-24/h4-6,11,13-15,18-21,23H,7-10,12,16-17H2,1-3H3. The molecule has 1 atom stereocenters. The van der Waals surface area contributed by atoms with Crippen LogP contribution in [0.1, 0.15) is 65.2 Å². The first-order valence-corrected chi connectivity index (χ1v) is 14.1. The van der Waals surface area contributed by atoms with E-state index >= 15 is 0 Å². The lowest BCUT2D eigenvalue weighted by molar-refractivity contribution is -0.123. The number of rotatable bonds is 8. The molecule has 1 saturated carbocycles. The van der Waals surface area contributed by atoms with E-state index in [-0.39, 0.29) is 17.7 Å². The van der Waals surface area contributed by atoms with Gasteiger partial charge in [-0.3, -0.25) is 4.79 Å². The Hall–Kier alpha value is -3.23. The number of thiophene rings is 1. The Kier molecular flexibility index (Phi) is 8.09. The number of anilines is 1. The van der Waals surface area contributed by atoms with E-state index in [1.165, 1.54) is 18.4 Å². The minimum Gasteiger partial charge on any atom is -0.465 e. The van der Waals surface area contributed by atoms with E-state index in [9.17, 15) is 9.59 Å². The maximum Gasteiger partial charge on any atom is 0.350 e. The lowest BCUT2D eigenvalue weighted by Gasteiger charge is -2.31. The summed E-state index contributed by atoms with van der Waals surface area (Å²) in [6.07, 6.45) is 15.2. The Labute approximate surface area is 227 Å². The number of amides is 1. The first-order valence-electron chi connectivity index (χ1n) is 13.3. The number of carbonyl (C=O) groups excluding carboxylic acids is 2. The zero-order valence-electron chi connectivity index (χ0n) is 22.3. The summed E-state index contributed by atoms with van der Waals surface area (Å²) in [7, 11) is 3.01. The molecule has 2 aliphatic rings. The molecule has 3 heterocycles. The van der Waals surface area contributed by atoms with Crippen molar-refractivity contribution in [3.05, 3.63) is 70.3 Å². The second-order valence-corrected chi connectivity index (χ2v) is 11.3. The van der Waals surface area contributed by atoms with Gasteiger partial charge in [0, 0.05) is 42.8 Å². The highest BCUT2D eigenvalue weighted by Crippen LogP contribution is 2.40. The van der Waals surface area contributed by atoms with Crippen molar-refractivity contribution in [2.24, 2.45) is 11.8 Å². The quantitative estimate of drug-likeness (QED) is 0.327. The summed E-state index contributed by atoms with van der Waals surface area (Å²) in [4.78, 5) is 34.5. The van der Waals surface area contributed by atoms with Crippen LogP contribution in [0.3, 0.4) is 0 Å². The van der Waals surface area contributed by atoms with Gasteiger partial charge in [0.2, 0.25) is 5.91 Å². The Morgan fingerprint density at radius 1 is 1.18 bits per heavy atom. The van der Waals surface area contributed by atoms with E-state index < -0.39 is 5.97 Å². The maximum absolute atomic E-state index is 13.7. The third-order valence-electron chi connectivity index (χ3n) is 7.67. The number of pyridine rings is 1. The van der Waals surface area contributed by atoms with E-state index in [4.69, 9.17) is 14.5 Å². The zero-order valence-corrected chi connectivity index (χ0v) is 23.1. The molecule has 0 aliphatic heterocycles. The SMILES string of the molecule is COCCN(C(=O)C1CCC(C)CC1)c1cc(C2=CCC(c3cn4ccccc4n3)C=C2)sc1C(=O)OC. The van der Waals surface area contributed by atoms with Crippen LogP contribution < -0.4 is 4.90 Å². The average Bonchev–Trinajstić information content (AvgIpc) is 3.58. The fourth-order valence-electron chi connectivity index (χ4n) is 5.38. The van der Waals surface area contributed by atoms with Gasteiger partial charge < -0.3 is 18.8 Å². The molecule has 1 unspecified atom stereocenters. The number of esters is 1. The van der Waals surface area contributed by atoms with Gasteiger partial charge in [0.15, 0.2) is 0 Å². The van der Waals surface area contributed by atoms with E-state index in [0.29, 0.717) is 29.6 Å². The van der Waals surface area contributed by atoms with Crippen LogP contribution in [-0.2, 0) is 14.3 Å². The summed E-state index contributed by atoms with van der Waals surface area (Å²) in [5.74, 6) is 0.456. The molecule has 0 radical (unpaired) electrons. The highest BCUT2D eigenvalue weighted by molar-refractivity contribution is 7.15. The summed E-state index contributed by atoms with van der Waals surface area (Å²) in [5, 5.41) is 0. The van der Waals surface area contributed by atoms with Crippen LogP contribution in [0.5, 0.6) is 0 Å². The Bertz CT molecular complexity index is 1330. The van der Waals surface area contributed by atoms with Gasteiger partial charge in [-0.15, -0.1) is 11.3 Å². The van der Waals surface area contributed by atoms with E-state index in [1.807, 2.05) is 34.9 Å². The molecule has 0 saturated heterocycles. The van der Waals surface area contributed by atoms with Crippen molar-refractivity contribution in [3.63, 3.8) is 0 Å². The molecular weight excluding hydrogens is 498 g/mol. The number of ether oxygens (including phenoxy) is 2. The number of imidazole rings is 1. The van der Waals surface area contributed by atoms with Crippen LogP contribution in [0.4, 0.5) is 5.69 Å². The monoisotopic (exact) mass is 533 g/mol. The van der Waals surface area contributed by atoms with E-state index in [1.54, 1.807) is 12.0 Å². The van der Waals surface area contributed by atoms with Gasteiger partial charge in [-0.25, -0.2) is 9.78 Å². The Balaban J connectivity index is 1.41. The van der Waals surface area contributed by atoms with Crippen molar-refractivity contribution < 1.29 is 19.1 Å². The average molecular weight is 534 g/mol. The number of hydrogen-bond acceptors (Lipinski definition) is 6. The first-order chi connectivity index (χ1) is 18.5. The highest BCUT2D eigenvalue weighted by atomic mass is 32.1. The number of allylic oxidation sites excluding steroid dienone is 4. The molecule has 8 heteroatoms. The molecule has 2 aliphatic carbocycles. The molecule has 3 aromatic heterocycles. The zero-order chi connectivity index (χ0) is 26.6. The smallest absolute Gasteiger partial charge is 0.350 e. The van der Waals surface area contributed by atoms with Gasteiger partial charge in [-0.2, -0.15) is 0 Å². The number of methoxy groups -OCH3 is 2. The number of nitrogens with zero attached hydrogens (tertiary/aromatic N) is 3. The molecular formula is C30H35N3O4S. The van der Waals surface area contributed by atoms with Gasteiger partial charge in [0.25, 0.3) is 0 Å². The summed E-state index contributed by atoms with van der Waals surface area (Å²) in [6.45, 7) is 3.03. The van der Waals surface area contributed by atoms with Gasteiger partial charge in [-0.05, 0) is 61.8 Å². The van der Waals surface area contributed by atoms with Crippen molar-refractivity contribution >= 4 is 40.1 Å². The number of aromatic nitrogens is 2. The lowest BCUT2D eigenvalue weighted by atomic mass is 9.82. The van der Waals surface area contributed by atoms with E-state index in [0.717, 1.165) is 53.9 Å². The number of hydrogen-bond donors (Lipinski definition) is 0. The van der Waals surface area contributed by atoms with Crippen LogP contribution in [0.2, 0.25) is 0 Å². The molecule has 0 N–H and O–H groups in total. The van der Waals surface area contributed by atoms with Crippen molar-refractivity contribution in [1.29, 1.82) is 0 Å². The topological polar surface area (TPSA) is 73.1 Å². The van der Waals surface area contributed by atoms with Crippen LogP contribution in [0.15, 0.2) is 54.9 Å². The number of carbonyl (C=O) groups is 2. The van der Waals surface area contributed by atoms with Crippen LogP contribution in [-0.4, -0.2) is 48.6 Å². The van der Waals surface area contributed by atoms with Crippen molar-refractivity contribution in [2.75, 3.05) is 32.3 Å². The maximum atomic E-state index is 13.7. The minimum atomic E-state index is -0.424. The summed E-state index contributed by atoms with van der Waals surface area (Å²) in [5.41, 5.74) is 3.62. The summed E-state index contributed by atoms with van der Waals surface area (Å²) < 4.78 is 12.5. The molecule has 7 nitrogen and oxygen atoms in total. The molecule has 1 amide bonds. The van der Waals surface area contributed by atoms with Crippen molar-refractivity contribution in [3.8, 4) is 0 Å². The molecule has 1 fully saturated rings. The second kappa shape index (κ2) is 11.7. The second-order valence-electron chi connectivity index (χ2n) is 10.2. The predicted octanol–water partition coefficient (Wildman–Crippen LogP) is 6.12. The molecule has 0 bridgehead atoms. The summed E-state index contributed by atoms with van der Waals surface area (Å²) >= 11 is 1.38. The van der Waals surface area contributed by atoms with Crippen molar-refractivity contribution in [2.45, 2.75) is 44.9 Å². The minimum absolute atomic E-state index is 0.0307. The third-order valence-corrected chi connectivity index (χ3v) is 8.82. The fraction of sp³-hybridized carbons (Fsp3) is 0.433. The van der Waals surface area contributed by atoms with Gasteiger partial charge in [0.05, 0.1) is 25.1 Å². The van der Waals surface area contributed by atoms with E-state index in [2.05, 4.69) is 31.3 Å². The third kappa shape index (κ3) is 5.47. The fourth-order valence-corrected chi connectivity index (χ4v) is 6.48. The molecule has 38 heavy (non-hydrogen) atoms. The van der Waals surface area contributed by atoms with Crippen molar-refractivity contribution in [1.82, 2.24) is 9.38 Å². The highest BCUT2D eigenvalue weighted by Gasteiger charge is 2.32. The first kappa shape index (κ1) is 26.4. The predicted molar refractivity (Wildman–Crippen MR) is 151 cm³/mol. The number of fused-ring (bicyclic) bond motifs is 1. The molecule has 200 valence electrons. The van der Waals surface area contributed by atoms with Crippen LogP contribution >= 0.6 is 11.3 Å². The normalized spacial score (nSPS) is 21.3. The molecule has 3 aromatic rings. The largest absolute Gasteiger partial charge is 0.465 e. The molecule has 0 spiro atoms.